The van der Waals surface area contributed by atoms with Gasteiger partial charge >= 0.3 is 0 Å². The Morgan fingerprint density at radius 1 is 1.28 bits per heavy atom. The topological polar surface area (TPSA) is 92.7 Å². The van der Waals surface area contributed by atoms with Crippen LogP contribution in [0.5, 0.6) is 0 Å². The minimum atomic E-state index is -0.300. The van der Waals surface area contributed by atoms with Gasteiger partial charge in [0.2, 0.25) is 5.78 Å². The lowest BCUT2D eigenvalue weighted by Crippen LogP contribution is -2.10. The zero-order valence-corrected chi connectivity index (χ0v) is 10.7. The van der Waals surface area contributed by atoms with Crippen LogP contribution in [0.2, 0.25) is 0 Å². The Kier molecular flexibility index (Phi) is 3.35. The number of ketones is 1. The molecule has 2 rings (SSSR count). The molecule has 88 valence electrons. The summed E-state index contributed by atoms with van der Waals surface area (Å²) in [6.45, 7) is 0. The minimum absolute atomic E-state index is 0.00788. The molecule has 0 saturated heterocycles. The van der Waals surface area contributed by atoms with Crippen molar-refractivity contribution in [2.75, 3.05) is 5.73 Å². The third-order valence-electron chi connectivity index (χ3n) is 2.24. The fourth-order valence-electron chi connectivity index (χ4n) is 1.38. The van der Waals surface area contributed by atoms with Gasteiger partial charge in [0.15, 0.2) is 11.5 Å². The Hall–Kier alpha value is -2.26. The fraction of sp³-hybridized carbons (Fsp3) is 0. The van der Waals surface area contributed by atoms with Crippen LogP contribution >= 0.6 is 15.9 Å². The van der Waals surface area contributed by atoms with Crippen molar-refractivity contribution in [1.29, 1.82) is 5.26 Å². The van der Waals surface area contributed by atoms with Crippen LogP contribution in [0.1, 0.15) is 21.7 Å². The summed E-state index contributed by atoms with van der Waals surface area (Å²) in [6, 6.07) is 10.5. The Morgan fingerprint density at radius 2 is 1.94 bits per heavy atom. The molecule has 1 aromatic carbocycles. The van der Waals surface area contributed by atoms with E-state index in [9.17, 15) is 4.79 Å². The highest BCUT2D eigenvalue weighted by atomic mass is 79.9. The summed E-state index contributed by atoms with van der Waals surface area (Å²) in [6.07, 6.45) is 0. The average Bonchev–Trinajstić information content (AvgIpc) is 2.41. The summed E-state index contributed by atoms with van der Waals surface area (Å²) >= 11 is 3.12. The van der Waals surface area contributed by atoms with Crippen LogP contribution < -0.4 is 5.73 Å². The maximum atomic E-state index is 12.1. The summed E-state index contributed by atoms with van der Waals surface area (Å²) in [5.74, 6) is -0.355. The van der Waals surface area contributed by atoms with E-state index in [4.69, 9.17) is 11.0 Å². The lowest BCUT2D eigenvalue weighted by molar-refractivity contribution is 0.103. The molecule has 0 saturated carbocycles. The Bertz CT molecular complexity index is 649. The summed E-state index contributed by atoms with van der Waals surface area (Å²) in [5.41, 5.74) is 6.12. The van der Waals surface area contributed by atoms with Gasteiger partial charge < -0.3 is 5.73 Å². The number of anilines is 1. The van der Waals surface area contributed by atoms with Gasteiger partial charge in [-0.2, -0.15) is 5.26 Å². The molecular weight excluding hydrogens is 296 g/mol. The van der Waals surface area contributed by atoms with E-state index in [0.717, 1.165) is 0 Å². The van der Waals surface area contributed by atoms with Crippen molar-refractivity contribution in [1.82, 2.24) is 9.97 Å². The number of benzene rings is 1. The van der Waals surface area contributed by atoms with E-state index in [1.165, 1.54) is 0 Å². The quantitative estimate of drug-likeness (QED) is 0.856. The fourth-order valence-corrected chi connectivity index (χ4v) is 1.83. The number of nitrogen functional groups attached to an aromatic ring is 1. The molecule has 0 unspecified atom stereocenters. The SMILES string of the molecule is N#Cc1nc(Br)c(C(=O)c2ccccc2)nc1N. The smallest absolute Gasteiger partial charge is 0.214 e. The monoisotopic (exact) mass is 302 g/mol. The second-order valence-electron chi connectivity index (χ2n) is 3.40. The maximum absolute atomic E-state index is 12.1. The van der Waals surface area contributed by atoms with E-state index < -0.39 is 0 Å². The van der Waals surface area contributed by atoms with Gasteiger partial charge in [-0.1, -0.05) is 30.3 Å². The number of halogens is 1. The Morgan fingerprint density at radius 3 is 2.56 bits per heavy atom. The van der Waals surface area contributed by atoms with Crippen LogP contribution in [0.3, 0.4) is 0 Å². The van der Waals surface area contributed by atoms with Crippen molar-refractivity contribution in [2.24, 2.45) is 0 Å². The first-order valence-corrected chi connectivity index (χ1v) is 5.75. The lowest BCUT2D eigenvalue weighted by Gasteiger charge is -2.04. The van der Waals surface area contributed by atoms with E-state index in [2.05, 4.69) is 25.9 Å². The summed E-state index contributed by atoms with van der Waals surface area (Å²) in [7, 11) is 0. The molecule has 18 heavy (non-hydrogen) atoms. The molecule has 6 heteroatoms. The van der Waals surface area contributed by atoms with Crippen LogP contribution in [-0.4, -0.2) is 15.8 Å². The van der Waals surface area contributed by atoms with Crippen LogP contribution in [0, 0.1) is 11.3 Å². The molecule has 0 aliphatic heterocycles. The summed E-state index contributed by atoms with van der Waals surface area (Å²) in [4.78, 5) is 19.9. The van der Waals surface area contributed by atoms with Gasteiger partial charge in [-0.05, 0) is 15.9 Å². The molecule has 0 aliphatic rings. The number of nitrogens with two attached hydrogens (primary N) is 1. The number of carbonyl (C=O) groups is 1. The van der Waals surface area contributed by atoms with Crippen LogP contribution in [0.25, 0.3) is 0 Å². The number of nitriles is 1. The van der Waals surface area contributed by atoms with E-state index in [-0.39, 0.29) is 27.6 Å². The number of hydrogen-bond acceptors (Lipinski definition) is 5. The average molecular weight is 303 g/mol. The van der Waals surface area contributed by atoms with Crippen molar-refractivity contribution >= 4 is 27.5 Å². The van der Waals surface area contributed by atoms with Gasteiger partial charge in [0.05, 0.1) is 0 Å². The highest BCUT2D eigenvalue weighted by Crippen LogP contribution is 2.19. The normalized spacial score (nSPS) is 9.78. The van der Waals surface area contributed by atoms with Gasteiger partial charge in [0.1, 0.15) is 16.4 Å². The standard InChI is InChI=1S/C12H7BrN4O/c13-11-9(17-12(15)8(6-14)16-11)10(18)7-4-2-1-3-5-7/h1-5H,(H2,15,17). The molecule has 0 aliphatic carbocycles. The third-order valence-corrected chi connectivity index (χ3v) is 2.79. The molecule has 0 spiro atoms. The second-order valence-corrected chi connectivity index (χ2v) is 4.15. The number of aromatic nitrogens is 2. The maximum Gasteiger partial charge on any atom is 0.214 e. The van der Waals surface area contributed by atoms with Crippen LogP contribution in [0.15, 0.2) is 34.9 Å². The molecular formula is C12H7BrN4O. The highest BCUT2D eigenvalue weighted by molar-refractivity contribution is 9.10. The molecule has 1 heterocycles. The van der Waals surface area contributed by atoms with E-state index >= 15 is 0 Å². The first-order chi connectivity index (χ1) is 8.63. The van der Waals surface area contributed by atoms with Crippen molar-refractivity contribution in [3.05, 3.63) is 51.9 Å². The first kappa shape index (κ1) is 12.2. The molecule has 0 fully saturated rings. The van der Waals surface area contributed by atoms with Crippen molar-refractivity contribution in [2.45, 2.75) is 0 Å². The highest BCUT2D eigenvalue weighted by Gasteiger charge is 2.17. The van der Waals surface area contributed by atoms with Crippen LogP contribution in [0.4, 0.5) is 5.82 Å². The third kappa shape index (κ3) is 2.21. The molecule has 5 nitrogen and oxygen atoms in total. The second kappa shape index (κ2) is 4.94. The molecule has 0 bridgehead atoms. The molecule has 2 N–H and O–H groups in total. The van der Waals surface area contributed by atoms with E-state index in [1.54, 1.807) is 30.3 Å². The van der Waals surface area contributed by atoms with Gasteiger partial charge in [-0.15, -0.1) is 0 Å². The van der Waals surface area contributed by atoms with Crippen molar-refractivity contribution in [3.63, 3.8) is 0 Å². The predicted molar refractivity (Wildman–Crippen MR) is 68.7 cm³/mol. The zero-order valence-electron chi connectivity index (χ0n) is 9.09. The predicted octanol–water partition coefficient (Wildman–Crippen LogP) is 1.92. The summed E-state index contributed by atoms with van der Waals surface area (Å²) < 4.78 is 0.210. The van der Waals surface area contributed by atoms with Gasteiger partial charge in [-0.3, -0.25) is 4.79 Å². The van der Waals surface area contributed by atoms with E-state index in [0.29, 0.717) is 5.56 Å². The number of rotatable bonds is 2. The molecule has 2 aromatic rings. The van der Waals surface area contributed by atoms with Gasteiger partial charge in [-0.25, -0.2) is 9.97 Å². The largest absolute Gasteiger partial charge is 0.381 e. The number of hydrogen-bond donors (Lipinski definition) is 1. The number of nitrogens with zero attached hydrogens (tertiary/aromatic N) is 3. The van der Waals surface area contributed by atoms with Gasteiger partial charge in [0.25, 0.3) is 0 Å². The van der Waals surface area contributed by atoms with E-state index in [1.807, 2.05) is 6.07 Å². The number of carbonyl (C=O) groups excluding carboxylic acids is 1. The van der Waals surface area contributed by atoms with Gasteiger partial charge in [0, 0.05) is 5.56 Å². The zero-order chi connectivity index (χ0) is 13.1. The first-order valence-electron chi connectivity index (χ1n) is 4.96. The minimum Gasteiger partial charge on any atom is -0.381 e. The van der Waals surface area contributed by atoms with Crippen molar-refractivity contribution < 1.29 is 4.79 Å². The molecule has 0 radical (unpaired) electrons. The van der Waals surface area contributed by atoms with Crippen LogP contribution in [-0.2, 0) is 0 Å². The van der Waals surface area contributed by atoms with Crippen molar-refractivity contribution in [3.8, 4) is 6.07 Å². The molecule has 0 atom stereocenters. The lowest BCUT2D eigenvalue weighted by atomic mass is 10.1. The molecule has 0 amide bonds. The molecule has 1 aromatic heterocycles. The Labute approximate surface area is 111 Å². The Balaban J connectivity index is 2.50. The summed E-state index contributed by atoms with van der Waals surface area (Å²) in [5, 5.41) is 8.75.